The highest BCUT2D eigenvalue weighted by molar-refractivity contribution is 7.92. The third-order valence-corrected chi connectivity index (χ3v) is 14.9. The van der Waals surface area contributed by atoms with Gasteiger partial charge in [0, 0.05) is 22.6 Å². The number of carboxylic acids is 4. The van der Waals surface area contributed by atoms with E-state index in [9.17, 15) is 71.5 Å². The Morgan fingerprint density at radius 1 is 0.726 bits per heavy atom. The van der Waals surface area contributed by atoms with Crippen LogP contribution in [0.15, 0.2) is 58.8 Å². The van der Waals surface area contributed by atoms with Gasteiger partial charge in [-0.2, -0.15) is 9.98 Å². The van der Waals surface area contributed by atoms with Gasteiger partial charge >= 0.3 is 31.5 Å². The second-order valence-electron chi connectivity index (χ2n) is 16.0. The fraction of sp³-hybridized carbons (Fsp3) is 0.283. The number of hydrogen-bond donors (Lipinski definition) is 8. The number of amides is 2. The van der Waals surface area contributed by atoms with Crippen molar-refractivity contribution in [3.05, 3.63) is 117 Å². The molecule has 4 aromatic carbocycles. The van der Waals surface area contributed by atoms with Crippen LogP contribution in [0, 0.1) is 28.8 Å². The molecule has 0 bridgehead atoms. The number of sulfonamides is 1. The summed E-state index contributed by atoms with van der Waals surface area (Å²) in [7, 11) is -9.91. The normalized spacial score (nSPS) is 13.0. The fourth-order valence-electron chi connectivity index (χ4n) is 7.09. The Balaban J connectivity index is 1.47. The van der Waals surface area contributed by atoms with E-state index < -0.39 is 165 Å². The van der Waals surface area contributed by atoms with Gasteiger partial charge < -0.3 is 50.0 Å². The lowest BCUT2D eigenvalue weighted by Gasteiger charge is -2.22. The molecule has 27 heteroatoms. The molecular weight excluding hydrogens is 1030 g/mol. The summed E-state index contributed by atoms with van der Waals surface area (Å²) in [6, 6.07) is 11.5. The van der Waals surface area contributed by atoms with Crippen molar-refractivity contribution in [3.63, 3.8) is 0 Å². The van der Waals surface area contributed by atoms with E-state index >= 15 is 8.78 Å². The monoisotopic (exact) mass is 1080 g/mol. The number of carboxylic acid groups (broad SMARTS) is 4. The third-order valence-electron chi connectivity index (χ3n) is 10.4. The molecule has 5 rings (SSSR count). The van der Waals surface area contributed by atoms with Crippen LogP contribution in [0.25, 0.3) is 10.1 Å². The molecule has 21 nitrogen and oxygen atoms in total. The van der Waals surface area contributed by atoms with Gasteiger partial charge in [-0.15, -0.1) is 11.3 Å². The van der Waals surface area contributed by atoms with Crippen LogP contribution in [0.2, 0.25) is 0 Å². The van der Waals surface area contributed by atoms with E-state index in [4.69, 9.17) is 19.3 Å². The summed E-state index contributed by atoms with van der Waals surface area (Å²) >= 11 is 0.204. The Hall–Kier alpha value is -7.56. The number of thiophene rings is 1. The molecule has 8 N–H and O–H groups in total. The molecule has 0 radical (unpaired) electrons. The van der Waals surface area contributed by atoms with E-state index in [0.717, 1.165) is 12.1 Å². The number of carbonyl (C=O) groups is 6. The fourth-order valence-corrected chi connectivity index (χ4v) is 11.6. The number of rotatable bonds is 25. The van der Waals surface area contributed by atoms with Crippen LogP contribution in [0.3, 0.4) is 0 Å². The highest BCUT2D eigenvalue weighted by Crippen LogP contribution is 2.48. The molecule has 0 aliphatic rings. The van der Waals surface area contributed by atoms with Gasteiger partial charge in [0.15, 0.2) is 11.6 Å². The van der Waals surface area contributed by atoms with Crippen molar-refractivity contribution in [3.8, 4) is 23.3 Å². The number of fused-ring (bicyclic) bond motifs is 1. The van der Waals surface area contributed by atoms with Crippen LogP contribution in [0.4, 0.5) is 13.2 Å². The zero-order valence-electron chi connectivity index (χ0n) is 38.5. The molecule has 1 aromatic heterocycles. The predicted octanol–water partition coefficient (Wildman–Crippen LogP) is 5.16. The summed E-state index contributed by atoms with van der Waals surface area (Å²) in [5, 5.41) is 50.5. The average molecular weight is 1080 g/mol. The number of aliphatic carboxylic acids is 4. The summed E-state index contributed by atoms with van der Waals surface area (Å²) in [6.45, 7) is 3.13. The van der Waals surface area contributed by atoms with Crippen molar-refractivity contribution < 1.29 is 94.2 Å². The topological polar surface area (TPSA) is 342 Å². The molecule has 0 aliphatic heterocycles. The van der Waals surface area contributed by atoms with Gasteiger partial charge in [-0.05, 0) is 84.5 Å². The van der Waals surface area contributed by atoms with Crippen LogP contribution in [0.5, 0.6) is 17.2 Å². The van der Waals surface area contributed by atoms with Crippen molar-refractivity contribution in [2.75, 3.05) is 19.4 Å². The lowest BCUT2D eigenvalue weighted by molar-refractivity contribution is -0.137. The second kappa shape index (κ2) is 23.8. The molecule has 73 heavy (non-hydrogen) atoms. The maximum Gasteiger partial charge on any atom is 0.391 e. The SMILES string of the molecule is CCc1c(S(=O)(=O)NCP(=O)(O)Oc2ccc(C#N)c(F)c2)sc2c(F)c(OC(C)CNC(=O)c3ccc(CC(=O)O)c(CC(=O)O)c3)c(OC(C)CNC(=O)c3ccc(CC(=O)O)c(CC(=O)O)c3)c(F)c12. The molecular formula is C46H44F3N4O17PS2. The predicted molar refractivity (Wildman–Crippen MR) is 251 cm³/mol. The highest BCUT2D eigenvalue weighted by Gasteiger charge is 2.35. The molecule has 388 valence electrons. The molecule has 0 saturated carbocycles. The first-order valence-corrected chi connectivity index (χ1v) is 25.5. The minimum atomic E-state index is -4.97. The first kappa shape index (κ1) is 56.4. The molecule has 2 amide bonds. The molecule has 3 unspecified atom stereocenters. The number of aryl methyl sites for hydroxylation is 1. The van der Waals surface area contributed by atoms with Crippen molar-refractivity contribution in [2.45, 2.75) is 69.3 Å². The number of benzene rings is 4. The average Bonchev–Trinajstić information content (AvgIpc) is 3.71. The molecule has 0 saturated heterocycles. The number of nitrogens with one attached hydrogen (secondary N) is 3. The minimum absolute atomic E-state index is 0.0406. The smallest absolute Gasteiger partial charge is 0.391 e. The Morgan fingerprint density at radius 2 is 1.19 bits per heavy atom. The lowest BCUT2D eigenvalue weighted by atomic mass is 9.98. The van der Waals surface area contributed by atoms with Crippen LogP contribution >= 0.6 is 18.9 Å². The molecule has 0 fully saturated rings. The van der Waals surface area contributed by atoms with Gasteiger partial charge in [0.2, 0.25) is 11.5 Å². The van der Waals surface area contributed by atoms with Crippen LogP contribution in [-0.2, 0) is 65.9 Å². The Bertz CT molecular complexity index is 3240. The molecule has 0 spiro atoms. The summed E-state index contributed by atoms with van der Waals surface area (Å²) in [5.74, 6) is -13.0. The highest BCUT2D eigenvalue weighted by atomic mass is 32.2. The molecule has 5 aromatic rings. The maximum absolute atomic E-state index is 17.1. The Kier molecular flexibility index (Phi) is 18.4. The lowest BCUT2D eigenvalue weighted by Crippen LogP contribution is -2.35. The van der Waals surface area contributed by atoms with Crippen LogP contribution in [-0.4, -0.2) is 101 Å². The van der Waals surface area contributed by atoms with Gasteiger partial charge in [-0.25, -0.2) is 26.2 Å². The Morgan fingerprint density at radius 3 is 1.63 bits per heavy atom. The number of halogens is 3. The molecule has 3 atom stereocenters. The summed E-state index contributed by atoms with van der Waals surface area (Å²) in [4.78, 5) is 82.6. The van der Waals surface area contributed by atoms with Gasteiger partial charge in [0.1, 0.15) is 40.3 Å². The first-order valence-electron chi connectivity index (χ1n) is 21.4. The number of ether oxygens (including phenoxy) is 2. The van der Waals surface area contributed by atoms with Crippen molar-refractivity contribution in [2.24, 2.45) is 0 Å². The summed E-state index contributed by atoms with van der Waals surface area (Å²) < 4.78 is 106. The maximum atomic E-state index is 17.1. The minimum Gasteiger partial charge on any atom is -0.482 e. The second-order valence-corrected chi connectivity index (χ2v) is 20.8. The van der Waals surface area contributed by atoms with E-state index in [0.29, 0.717) is 6.07 Å². The number of hydrogen-bond acceptors (Lipinski definition) is 14. The summed E-state index contributed by atoms with van der Waals surface area (Å²) in [5.41, 5.74) is -0.567. The van der Waals surface area contributed by atoms with Gasteiger partial charge in [-0.1, -0.05) is 19.1 Å². The van der Waals surface area contributed by atoms with Crippen molar-refractivity contribution in [1.82, 2.24) is 15.4 Å². The number of carbonyl (C=O) groups excluding carboxylic acids is 2. The Labute approximate surface area is 416 Å². The standard InChI is InChI=1S/C46H44F3N4O17PS2/c1-4-32-38-39(48)41(68-22(2)19-51-44(62)26-7-5-24(13-34(54)55)29(11-26)15-36(58)59)42(69-23(3)20-52-45(63)27-8-6-25(14-35(56)57)30(12-27)16-37(60)61)40(49)43(38)72-46(32)73(66,67)53-21-71(64,65)70-31-10-9-28(18-50)33(47)17-31/h5-12,17,22-23,53H,4,13-16,19-21H2,1-3H3,(H,51,62)(H,52,63)(H,54,55)(H,56,57)(H,58,59)(H,60,61)(H,64,65). The van der Waals surface area contributed by atoms with Crippen molar-refractivity contribution in [1.29, 1.82) is 5.26 Å². The van der Waals surface area contributed by atoms with Gasteiger partial charge in [0.25, 0.3) is 21.8 Å². The van der Waals surface area contributed by atoms with E-state index in [2.05, 4.69) is 10.6 Å². The third kappa shape index (κ3) is 14.5. The number of nitriles is 1. The van der Waals surface area contributed by atoms with E-state index in [-0.39, 0.29) is 56.7 Å². The van der Waals surface area contributed by atoms with E-state index in [1.807, 2.05) is 4.72 Å². The zero-order valence-corrected chi connectivity index (χ0v) is 41.0. The van der Waals surface area contributed by atoms with E-state index in [1.54, 1.807) is 6.07 Å². The quantitative estimate of drug-likeness (QED) is 0.0350. The molecule has 1 heterocycles. The summed E-state index contributed by atoms with van der Waals surface area (Å²) in [6.07, 6.45) is -6.44. The largest absolute Gasteiger partial charge is 0.482 e. The zero-order chi connectivity index (χ0) is 54.1. The number of nitrogens with zero attached hydrogens (tertiary/aromatic N) is 1. The van der Waals surface area contributed by atoms with Crippen LogP contribution < -0.4 is 29.4 Å². The van der Waals surface area contributed by atoms with Gasteiger partial charge in [0.05, 0.1) is 49.0 Å². The first-order chi connectivity index (χ1) is 34.2. The molecule has 0 aliphatic carbocycles. The van der Waals surface area contributed by atoms with Gasteiger partial charge in [-0.3, -0.25) is 28.8 Å². The van der Waals surface area contributed by atoms with E-state index in [1.165, 1.54) is 57.2 Å². The van der Waals surface area contributed by atoms with Crippen LogP contribution in [0.1, 0.15) is 74.9 Å². The van der Waals surface area contributed by atoms with Crippen molar-refractivity contribution >= 4 is 74.7 Å².